The molecule has 9 nitrogen and oxygen atoms in total. The summed E-state index contributed by atoms with van der Waals surface area (Å²) in [5.74, 6) is 2.22. The molecule has 4 aromatic rings. The van der Waals surface area contributed by atoms with Gasteiger partial charge in [-0.15, -0.1) is 0 Å². The van der Waals surface area contributed by atoms with E-state index < -0.39 is 0 Å². The lowest BCUT2D eigenvalue weighted by Crippen LogP contribution is -2.46. The summed E-state index contributed by atoms with van der Waals surface area (Å²) in [4.78, 5) is 13.4. The number of rotatable bonds is 8. The molecule has 0 N–H and O–H groups in total. The van der Waals surface area contributed by atoms with Crippen LogP contribution in [0.4, 0.5) is 0 Å². The average Bonchev–Trinajstić information content (AvgIpc) is 3.59. The van der Waals surface area contributed by atoms with Crippen LogP contribution >= 0.6 is 23.6 Å². The molecule has 0 amide bonds. The second-order valence-corrected chi connectivity index (χ2v) is 9.20. The molecule has 0 aliphatic carbocycles. The molecule has 11 heteroatoms. The fourth-order valence-electron chi connectivity index (χ4n) is 3.97. The van der Waals surface area contributed by atoms with Crippen molar-refractivity contribution in [1.29, 1.82) is 0 Å². The second-order valence-electron chi connectivity index (χ2n) is 8.05. The molecule has 1 aliphatic rings. The maximum Gasteiger partial charge on any atom is 0.241 e. The van der Waals surface area contributed by atoms with Crippen LogP contribution < -0.4 is 0 Å². The number of piperazine rings is 1. The van der Waals surface area contributed by atoms with Crippen molar-refractivity contribution in [3.8, 4) is 22.8 Å². The summed E-state index contributed by atoms with van der Waals surface area (Å²) < 4.78 is 10.3. The molecule has 0 atom stereocenters. The normalized spacial score (nSPS) is 15.3. The minimum atomic E-state index is 0.659. The first-order chi connectivity index (χ1) is 16.2. The van der Waals surface area contributed by atoms with E-state index in [1.807, 2.05) is 33.6 Å². The van der Waals surface area contributed by atoms with Crippen molar-refractivity contribution in [2.45, 2.75) is 33.1 Å². The Kier molecular flexibility index (Phi) is 6.72. The molecule has 0 unspecified atom stereocenters. The van der Waals surface area contributed by atoms with Crippen LogP contribution in [0.1, 0.15) is 19.2 Å². The smallest absolute Gasteiger partial charge is 0.241 e. The van der Waals surface area contributed by atoms with Crippen LogP contribution in [0, 0.1) is 4.77 Å². The van der Waals surface area contributed by atoms with Gasteiger partial charge in [0.05, 0.1) is 13.2 Å². The lowest BCUT2D eigenvalue weighted by atomic mass is 10.2. The molecule has 1 aliphatic heterocycles. The highest BCUT2D eigenvalue weighted by molar-refractivity contribution is 7.71. The standard InChI is InChI=1S/C22H26N8OS2/c1-2-8-29-21(17-3-6-23-7-4-17)25-30(22(29)32)16-28-11-9-27(10-12-28)14-19-24-20(26-31-19)18-5-13-33-15-18/h3-7,13,15H,2,8-12,14,16H2,1H3. The Balaban J connectivity index is 1.21. The first-order valence-electron chi connectivity index (χ1n) is 11.1. The lowest BCUT2D eigenvalue weighted by Gasteiger charge is -2.33. The third kappa shape index (κ3) is 4.96. The quantitative estimate of drug-likeness (QED) is 0.351. The van der Waals surface area contributed by atoms with Crippen molar-refractivity contribution < 1.29 is 4.52 Å². The zero-order valence-corrected chi connectivity index (χ0v) is 20.1. The van der Waals surface area contributed by atoms with Gasteiger partial charge in [-0.05, 0) is 42.2 Å². The van der Waals surface area contributed by atoms with Gasteiger partial charge < -0.3 is 4.52 Å². The minimum Gasteiger partial charge on any atom is -0.338 e. The van der Waals surface area contributed by atoms with Crippen LogP contribution in [0.2, 0.25) is 0 Å². The second kappa shape index (κ2) is 10.0. The van der Waals surface area contributed by atoms with Crippen LogP contribution in [0.5, 0.6) is 0 Å². The molecule has 0 spiro atoms. The van der Waals surface area contributed by atoms with Gasteiger partial charge in [0.2, 0.25) is 11.7 Å². The van der Waals surface area contributed by atoms with E-state index in [-0.39, 0.29) is 0 Å². The number of pyridine rings is 1. The maximum absolute atomic E-state index is 5.78. The van der Waals surface area contributed by atoms with Gasteiger partial charge in [-0.1, -0.05) is 12.1 Å². The number of hydrogen-bond donors (Lipinski definition) is 0. The van der Waals surface area contributed by atoms with E-state index in [1.165, 1.54) is 0 Å². The van der Waals surface area contributed by atoms with E-state index in [0.717, 1.165) is 60.9 Å². The Morgan fingerprint density at radius 2 is 1.85 bits per heavy atom. The summed E-state index contributed by atoms with van der Waals surface area (Å²) in [7, 11) is 0. The molecular formula is C22H26N8OS2. The molecule has 33 heavy (non-hydrogen) atoms. The Hall–Kier alpha value is -2.73. The van der Waals surface area contributed by atoms with Crippen molar-refractivity contribution in [1.82, 2.24) is 39.3 Å². The average molecular weight is 483 g/mol. The molecule has 1 saturated heterocycles. The monoisotopic (exact) mass is 482 g/mol. The minimum absolute atomic E-state index is 0.659. The molecule has 4 aromatic heterocycles. The zero-order valence-electron chi connectivity index (χ0n) is 18.5. The Morgan fingerprint density at radius 1 is 1.06 bits per heavy atom. The predicted octanol–water partition coefficient (Wildman–Crippen LogP) is 3.77. The molecule has 1 fully saturated rings. The van der Waals surface area contributed by atoms with Crippen molar-refractivity contribution in [3.05, 3.63) is 52.0 Å². The van der Waals surface area contributed by atoms with Crippen molar-refractivity contribution >= 4 is 23.6 Å². The molecule has 0 saturated carbocycles. The molecule has 5 rings (SSSR count). The van der Waals surface area contributed by atoms with Crippen LogP contribution in [-0.4, -0.2) is 65.5 Å². The molecule has 172 valence electrons. The van der Waals surface area contributed by atoms with Gasteiger partial charge in [-0.25, -0.2) is 4.68 Å². The van der Waals surface area contributed by atoms with Gasteiger partial charge in [0.15, 0.2) is 10.6 Å². The summed E-state index contributed by atoms with van der Waals surface area (Å²) in [6.45, 7) is 8.07. The van der Waals surface area contributed by atoms with Crippen molar-refractivity contribution in [2.75, 3.05) is 26.2 Å². The Labute approximate surface area is 201 Å². The third-order valence-corrected chi connectivity index (χ3v) is 6.83. The van der Waals surface area contributed by atoms with Crippen LogP contribution in [-0.2, 0) is 19.8 Å². The number of nitrogens with zero attached hydrogens (tertiary/aromatic N) is 8. The van der Waals surface area contributed by atoms with Gasteiger partial charge >= 0.3 is 0 Å². The molecule has 0 radical (unpaired) electrons. The predicted molar refractivity (Wildman–Crippen MR) is 129 cm³/mol. The first kappa shape index (κ1) is 22.1. The zero-order chi connectivity index (χ0) is 22.6. The summed E-state index contributed by atoms with van der Waals surface area (Å²) in [5.41, 5.74) is 2.04. The summed E-state index contributed by atoms with van der Waals surface area (Å²) >= 11 is 7.40. The summed E-state index contributed by atoms with van der Waals surface area (Å²) in [6, 6.07) is 5.96. The van der Waals surface area contributed by atoms with Gasteiger partial charge in [0.25, 0.3) is 0 Å². The highest BCUT2D eigenvalue weighted by Gasteiger charge is 2.21. The topological polar surface area (TPSA) is 81.0 Å². The van der Waals surface area contributed by atoms with Crippen LogP contribution in [0.25, 0.3) is 22.8 Å². The van der Waals surface area contributed by atoms with Crippen molar-refractivity contribution in [3.63, 3.8) is 0 Å². The molecule has 0 bridgehead atoms. The Bertz CT molecular complexity index is 1220. The summed E-state index contributed by atoms with van der Waals surface area (Å²) in [5, 5.41) is 13.0. The molecule has 5 heterocycles. The summed E-state index contributed by atoms with van der Waals surface area (Å²) in [6.07, 6.45) is 4.58. The van der Waals surface area contributed by atoms with Gasteiger partial charge in [0, 0.05) is 61.6 Å². The van der Waals surface area contributed by atoms with E-state index >= 15 is 0 Å². The van der Waals surface area contributed by atoms with Gasteiger partial charge in [0.1, 0.15) is 0 Å². The van der Waals surface area contributed by atoms with Crippen LogP contribution in [0.3, 0.4) is 0 Å². The Morgan fingerprint density at radius 3 is 2.58 bits per heavy atom. The SMILES string of the molecule is CCCn1c(-c2ccncc2)nn(CN2CCN(Cc3nc(-c4ccsc4)no3)CC2)c1=S. The van der Waals surface area contributed by atoms with Gasteiger partial charge in [-0.3, -0.25) is 19.4 Å². The maximum atomic E-state index is 5.78. The molecule has 0 aromatic carbocycles. The first-order valence-corrected chi connectivity index (χ1v) is 12.4. The number of thiophene rings is 1. The van der Waals surface area contributed by atoms with E-state index in [0.29, 0.717) is 24.9 Å². The van der Waals surface area contributed by atoms with Crippen LogP contribution in [0.15, 0.2) is 45.9 Å². The lowest BCUT2D eigenvalue weighted by molar-refractivity contribution is 0.0908. The highest BCUT2D eigenvalue weighted by atomic mass is 32.1. The molecular weight excluding hydrogens is 456 g/mol. The van der Waals surface area contributed by atoms with E-state index in [1.54, 1.807) is 23.7 Å². The van der Waals surface area contributed by atoms with Crippen molar-refractivity contribution in [2.24, 2.45) is 0 Å². The van der Waals surface area contributed by atoms with E-state index in [9.17, 15) is 0 Å². The largest absolute Gasteiger partial charge is 0.338 e. The van der Waals surface area contributed by atoms with E-state index in [2.05, 4.69) is 36.4 Å². The van der Waals surface area contributed by atoms with E-state index in [4.69, 9.17) is 21.8 Å². The number of hydrogen-bond acceptors (Lipinski definition) is 9. The number of aromatic nitrogens is 6. The third-order valence-electron chi connectivity index (χ3n) is 5.71. The highest BCUT2D eigenvalue weighted by Crippen LogP contribution is 2.20. The fourth-order valence-corrected chi connectivity index (χ4v) is 4.88. The van der Waals surface area contributed by atoms with Gasteiger partial charge in [-0.2, -0.15) is 21.4 Å². The fraction of sp³-hybridized carbons (Fsp3) is 0.409.